The van der Waals surface area contributed by atoms with Gasteiger partial charge in [0.15, 0.2) is 0 Å². The van der Waals surface area contributed by atoms with Crippen LogP contribution in [0.2, 0.25) is 0 Å². The predicted molar refractivity (Wildman–Crippen MR) is 92.6 cm³/mol. The number of nitrogens with zero attached hydrogens (tertiary/aromatic N) is 1. The second-order valence-electron chi connectivity index (χ2n) is 5.56. The lowest BCUT2D eigenvalue weighted by atomic mass is 10.1. The highest BCUT2D eigenvalue weighted by Crippen LogP contribution is 2.41. The van der Waals surface area contributed by atoms with E-state index in [-0.39, 0.29) is 5.82 Å². The standard InChI is InChI=1S/C17H14FNO2S2/c1-17(2,16(20)21)23-15-6-5-14(22-15)11-7-8-19-13-4-3-10(18)9-12(11)13/h3-9H,1-2H3,(H,20,21). The Morgan fingerprint density at radius 3 is 2.78 bits per heavy atom. The molecular formula is C17H14FNO2S2. The largest absolute Gasteiger partial charge is 0.480 e. The monoisotopic (exact) mass is 347 g/mol. The van der Waals surface area contributed by atoms with E-state index in [0.29, 0.717) is 0 Å². The molecule has 6 heteroatoms. The molecule has 2 aromatic heterocycles. The molecule has 23 heavy (non-hydrogen) atoms. The number of benzene rings is 1. The van der Waals surface area contributed by atoms with Crippen LogP contribution in [0, 0.1) is 5.82 Å². The molecule has 3 nitrogen and oxygen atoms in total. The lowest BCUT2D eigenvalue weighted by Gasteiger charge is -2.16. The van der Waals surface area contributed by atoms with E-state index in [1.54, 1.807) is 26.1 Å². The fourth-order valence-electron chi connectivity index (χ4n) is 2.15. The summed E-state index contributed by atoms with van der Waals surface area (Å²) in [4.78, 5) is 16.5. The summed E-state index contributed by atoms with van der Waals surface area (Å²) in [6.07, 6.45) is 1.70. The van der Waals surface area contributed by atoms with Crippen LogP contribution in [0.1, 0.15) is 13.8 Å². The Morgan fingerprint density at radius 1 is 1.26 bits per heavy atom. The van der Waals surface area contributed by atoms with Crippen LogP contribution in [0.25, 0.3) is 21.3 Å². The zero-order valence-corrected chi connectivity index (χ0v) is 14.2. The van der Waals surface area contributed by atoms with Crippen molar-refractivity contribution in [1.29, 1.82) is 0 Å². The van der Waals surface area contributed by atoms with Crippen LogP contribution in [0.5, 0.6) is 0 Å². The summed E-state index contributed by atoms with van der Waals surface area (Å²) >= 11 is 2.81. The summed E-state index contributed by atoms with van der Waals surface area (Å²) in [5.74, 6) is -1.15. The summed E-state index contributed by atoms with van der Waals surface area (Å²) in [6, 6.07) is 10.2. The molecule has 118 valence electrons. The minimum absolute atomic E-state index is 0.301. The fourth-order valence-corrected chi connectivity index (χ4v) is 4.71. The Balaban J connectivity index is 2.01. The molecule has 0 spiro atoms. The molecule has 0 saturated heterocycles. The van der Waals surface area contributed by atoms with Crippen LogP contribution < -0.4 is 0 Å². The van der Waals surface area contributed by atoms with Gasteiger partial charge in [0.05, 0.1) is 9.73 Å². The van der Waals surface area contributed by atoms with Crippen molar-refractivity contribution in [1.82, 2.24) is 4.98 Å². The van der Waals surface area contributed by atoms with Crippen LogP contribution in [0.3, 0.4) is 0 Å². The van der Waals surface area contributed by atoms with Crippen molar-refractivity contribution in [2.75, 3.05) is 0 Å². The van der Waals surface area contributed by atoms with Crippen LogP contribution in [-0.2, 0) is 4.79 Å². The van der Waals surface area contributed by atoms with Gasteiger partial charge in [0.25, 0.3) is 0 Å². The van der Waals surface area contributed by atoms with Crippen molar-refractivity contribution in [2.45, 2.75) is 22.8 Å². The molecule has 0 amide bonds. The molecule has 0 aliphatic carbocycles. The van der Waals surface area contributed by atoms with Gasteiger partial charge in [-0.15, -0.1) is 11.3 Å². The Morgan fingerprint density at radius 2 is 2.04 bits per heavy atom. The van der Waals surface area contributed by atoms with Gasteiger partial charge in [0, 0.05) is 22.0 Å². The summed E-state index contributed by atoms with van der Waals surface area (Å²) in [5, 5.41) is 9.99. The molecule has 0 unspecified atom stereocenters. The number of hydrogen-bond acceptors (Lipinski definition) is 4. The van der Waals surface area contributed by atoms with Gasteiger partial charge in [0.1, 0.15) is 10.6 Å². The lowest BCUT2D eigenvalue weighted by molar-refractivity contribution is -0.138. The fraction of sp³-hybridized carbons (Fsp3) is 0.176. The van der Waals surface area contributed by atoms with E-state index in [2.05, 4.69) is 4.98 Å². The quantitative estimate of drug-likeness (QED) is 0.670. The van der Waals surface area contributed by atoms with E-state index < -0.39 is 10.7 Å². The average molecular weight is 347 g/mol. The Labute approximate surface area is 141 Å². The van der Waals surface area contributed by atoms with Gasteiger partial charge in [0.2, 0.25) is 0 Å². The van der Waals surface area contributed by atoms with E-state index in [1.807, 2.05) is 18.2 Å². The molecule has 0 saturated carbocycles. The van der Waals surface area contributed by atoms with E-state index in [1.165, 1.54) is 35.2 Å². The first-order chi connectivity index (χ1) is 10.9. The van der Waals surface area contributed by atoms with Crippen LogP contribution in [0.4, 0.5) is 4.39 Å². The third-order valence-corrected chi connectivity index (χ3v) is 5.86. The molecule has 0 fully saturated rings. The first-order valence-corrected chi connectivity index (χ1v) is 8.57. The highest BCUT2D eigenvalue weighted by molar-refractivity contribution is 8.03. The maximum absolute atomic E-state index is 13.6. The predicted octanol–water partition coefficient (Wildman–Crippen LogP) is 5.06. The van der Waals surface area contributed by atoms with E-state index in [4.69, 9.17) is 0 Å². The van der Waals surface area contributed by atoms with Gasteiger partial charge in [-0.25, -0.2) is 4.39 Å². The zero-order chi connectivity index (χ0) is 16.6. The summed E-state index contributed by atoms with van der Waals surface area (Å²) in [5.41, 5.74) is 1.64. The molecule has 1 aromatic carbocycles. The topological polar surface area (TPSA) is 50.2 Å². The number of carboxylic acid groups (broad SMARTS) is 1. The number of fused-ring (bicyclic) bond motifs is 1. The Bertz CT molecular complexity index is 889. The first-order valence-electron chi connectivity index (χ1n) is 6.94. The second-order valence-corrected chi connectivity index (χ2v) is 8.56. The second kappa shape index (κ2) is 5.94. The molecule has 0 aliphatic heterocycles. The molecule has 3 rings (SSSR count). The number of carboxylic acids is 1. The smallest absolute Gasteiger partial charge is 0.319 e. The van der Waals surface area contributed by atoms with Gasteiger partial charge in [-0.3, -0.25) is 9.78 Å². The minimum Gasteiger partial charge on any atom is -0.480 e. The molecule has 1 N–H and O–H groups in total. The Kier molecular flexibility index (Phi) is 4.12. The third kappa shape index (κ3) is 3.23. The zero-order valence-electron chi connectivity index (χ0n) is 12.5. The number of aliphatic carboxylic acids is 1. The first kappa shape index (κ1) is 16.0. The SMILES string of the molecule is CC(C)(Sc1ccc(-c2ccnc3ccc(F)cc23)s1)C(=O)O. The maximum Gasteiger partial charge on any atom is 0.319 e. The normalized spacial score (nSPS) is 11.8. The molecule has 3 aromatic rings. The number of rotatable bonds is 4. The van der Waals surface area contributed by atoms with Crippen molar-refractivity contribution in [3.8, 4) is 10.4 Å². The summed E-state index contributed by atoms with van der Waals surface area (Å²) in [7, 11) is 0. The van der Waals surface area contributed by atoms with Crippen molar-refractivity contribution in [2.24, 2.45) is 0 Å². The molecule has 0 bridgehead atoms. The summed E-state index contributed by atoms with van der Waals surface area (Å²) in [6.45, 7) is 3.35. The Hall–Kier alpha value is -1.92. The van der Waals surface area contributed by atoms with Gasteiger partial charge >= 0.3 is 5.97 Å². The highest BCUT2D eigenvalue weighted by Gasteiger charge is 2.29. The number of aromatic nitrogens is 1. The van der Waals surface area contributed by atoms with Gasteiger partial charge in [-0.1, -0.05) is 11.8 Å². The van der Waals surface area contributed by atoms with E-state index in [9.17, 15) is 14.3 Å². The van der Waals surface area contributed by atoms with E-state index >= 15 is 0 Å². The van der Waals surface area contributed by atoms with Crippen LogP contribution in [0.15, 0.2) is 46.8 Å². The van der Waals surface area contributed by atoms with Gasteiger partial charge in [-0.2, -0.15) is 0 Å². The van der Waals surface area contributed by atoms with Crippen molar-refractivity contribution in [3.63, 3.8) is 0 Å². The van der Waals surface area contributed by atoms with Crippen LogP contribution >= 0.6 is 23.1 Å². The van der Waals surface area contributed by atoms with Crippen molar-refractivity contribution in [3.05, 3.63) is 48.4 Å². The van der Waals surface area contributed by atoms with Crippen molar-refractivity contribution < 1.29 is 14.3 Å². The lowest BCUT2D eigenvalue weighted by Crippen LogP contribution is -2.26. The van der Waals surface area contributed by atoms with Crippen molar-refractivity contribution >= 4 is 40.0 Å². The number of halogens is 1. The molecule has 0 atom stereocenters. The number of pyridine rings is 1. The van der Waals surface area contributed by atoms with Gasteiger partial charge < -0.3 is 5.11 Å². The third-order valence-electron chi connectivity index (χ3n) is 3.42. The molecule has 0 aliphatic rings. The highest BCUT2D eigenvalue weighted by atomic mass is 32.2. The van der Waals surface area contributed by atoms with E-state index in [0.717, 1.165) is 25.6 Å². The number of thiophene rings is 1. The number of carbonyl (C=O) groups is 1. The minimum atomic E-state index is -0.894. The maximum atomic E-state index is 13.6. The molecule has 0 radical (unpaired) electrons. The summed E-state index contributed by atoms with van der Waals surface area (Å²) < 4.78 is 13.6. The van der Waals surface area contributed by atoms with Gasteiger partial charge in [-0.05, 0) is 50.2 Å². The van der Waals surface area contributed by atoms with Crippen LogP contribution in [-0.4, -0.2) is 20.8 Å². The molecule has 2 heterocycles. The number of thioether (sulfide) groups is 1. The molecular weight excluding hydrogens is 333 g/mol. The average Bonchev–Trinajstić information content (AvgIpc) is 2.94. The number of hydrogen-bond donors (Lipinski definition) is 1.